The molecule has 1 N–H and O–H groups in total. The number of benzene rings is 2. The highest BCUT2D eigenvalue weighted by atomic mass is 35.5. The second-order valence-corrected chi connectivity index (χ2v) is 9.65. The first-order valence-corrected chi connectivity index (χ1v) is 11.9. The first-order valence-electron chi connectivity index (χ1n) is 9.71. The van der Waals surface area contributed by atoms with Crippen molar-refractivity contribution < 1.29 is 13.2 Å². The van der Waals surface area contributed by atoms with Crippen LogP contribution in [-0.4, -0.2) is 27.1 Å². The molecule has 2 aromatic carbocycles. The van der Waals surface area contributed by atoms with Gasteiger partial charge in [-0.3, -0.25) is 9.10 Å². The number of anilines is 1. The number of amides is 1. The molecule has 0 saturated heterocycles. The van der Waals surface area contributed by atoms with E-state index in [0.29, 0.717) is 17.1 Å². The van der Waals surface area contributed by atoms with Gasteiger partial charge in [0, 0.05) is 18.0 Å². The van der Waals surface area contributed by atoms with E-state index < -0.39 is 10.0 Å². The minimum atomic E-state index is -3.47. The lowest BCUT2D eigenvalue weighted by Crippen LogP contribution is -2.33. The first-order chi connectivity index (χ1) is 13.6. The van der Waals surface area contributed by atoms with Crippen molar-refractivity contribution in [3.8, 4) is 0 Å². The van der Waals surface area contributed by atoms with Crippen molar-refractivity contribution in [2.45, 2.75) is 46.1 Å². The number of hydrogen-bond donors (Lipinski definition) is 1. The van der Waals surface area contributed by atoms with E-state index in [1.54, 1.807) is 24.3 Å². The molecule has 0 aliphatic heterocycles. The Morgan fingerprint density at radius 2 is 1.90 bits per heavy atom. The number of halogens is 1. The summed E-state index contributed by atoms with van der Waals surface area (Å²) in [5, 5.41) is 3.54. The normalized spacial score (nSPS) is 12.4. The third kappa shape index (κ3) is 6.75. The van der Waals surface area contributed by atoms with Gasteiger partial charge in [-0.25, -0.2) is 8.42 Å². The van der Waals surface area contributed by atoms with Crippen LogP contribution in [0.3, 0.4) is 0 Å². The van der Waals surface area contributed by atoms with Gasteiger partial charge in [0.15, 0.2) is 0 Å². The fourth-order valence-corrected chi connectivity index (χ4v) is 4.53. The second kappa shape index (κ2) is 10.1. The summed E-state index contributed by atoms with van der Waals surface area (Å²) in [6.45, 7) is 6.34. The minimum absolute atomic E-state index is 0.0537. The van der Waals surface area contributed by atoms with Crippen LogP contribution in [0, 0.1) is 13.8 Å². The summed E-state index contributed by atoms with van der Waals surface area (Å²) >= 11 is 5.99. The summed E-state index contributed by atoms with van der Waals surface area (Å²) in [5.41, 5.74) is 3.96. The maximum absolute atomic E-state index is 12.5. The van der Waals surface area contributed by atoms with Gasteiger partial charge in [-0.05, 0) is 56.0 Å². The zero-order valence-corrected chi connectivity index (χ0v) is 19.0. The maximum atomic E-state index is 12.5. The number of rotatable bonds is 9. The van der Waals surface area contributed by atoms with E-state index in [0.717, 1.165) is 23.8 Å². The molecular formula is C22H29ClN2O3S. The standard InChI is InChI=1S/C22H29ClN2O3S/c1-5-21(20-12-11-16(2)14-17(20)3)24-22(26)10-7-13-25(29(4,27)28)19-9-6-8-18(23)15-19/h6,8-9,11-12,14-15,21H,5,7,10,13H2,1-4H3,(H,24,26). The largest absolute Gasteiger partial charge is 0.349 e. The van der Waals surface area contributed by atoms with Crippen LogP contribution >= 0.6 is 11.6 Å². The Balaban J connectivity index is 1.99. The Labute approximate surface area is 179 Å². The van der Waals surface area contributed by atoms with Gasteiger partial charge in [0.1, 0.15) is 0 Å². The quantitative estimate of drug-likeness (QED) is 0.615. The lowest BCUT2D eigenvalue weighted by atomic mass is 9.97. The third-order valence-electron chi connectivity index (χ3n) is 4.81. The predicted octanol–water partition coefficient (Wildman–Crippen LogP) is 4.77. The fraction of sp³-hybridized carbons (Fsp3) is 0.409. The van der Waals surface area contributed by atoms with Gasteiger partial charge < -0.3 is 5.32 Å². The molecule has 1 amide bonds. The topological polar surface area (TPSA) is 66.5 Å². The summed E-state index contributed by atoms with van der Waals surface area (Å²) in [4.78, 5) is 12.5. The van der Waals surface area contributed by atoms with E-state index in [1.807, 2.05) is 26.8 Å². The summed E-state index contributed by atoms with van der Waals surface area (Å²) in [6, 6.07) is 12.9. The van der Waals surface area contributed by atoms with Gasteiger partial charge in [0.05, 0.1) is 18.0 Å². The van der Waals surface area contributed by atoms with Crippen LogP contribution in [0.15, 0.2) is 42.5 Å². The molecule has 158 valence electrons. The molecule has 0 saturated carbocycles. The monoisotopic (exact) mass is 436 g/mol. The number of sulfonamides is 1. The van der Waals surface area contributed by atoms with E-state index >= 15 is 0 Å². The Hall–Kier alpha value is -2.05. The fourth-order valence-electron chi connectivity index (χ4n) is 3.38. The van der Waals surface area contributed by atoms with Crippen molar-refractivity contribution in [2.75, 3.05) is 17.1 Å². The molecular weight excluding hydrogens is 408 g/mol. The Kier molecular flexibility index (Phi) is 8.11. The molecule has 2 rings (SSSR count). The van der Waals surface area contributed by atoms with Crippen molar-refractivity contribution in [1.29, 1.82) is 0 Å². The molecule has 0 aromatic heterocycles. The van der Waals surface area contributed by atoms with E-state index in [9.17, 15) is 13.2 Å². The zero-order chi connectivity index (χ0) is 21.6. The average Bonchev–Trinajstić information content (AvgIpc) is 2.62. The van der Waals surface area contributed by atoms with E-state index in [1.165, 1.54) is 9.87 Å². The molecule has 2 aromatic rings. The van der Waals surface area contributed by atoms with Gasteiger partial charge in [0.2, 0.25) is 15.9 Å². The number of nitrogens with one attached hydrogen (secondary N) is 1. The Morgan fingerprint density at radius 1 is 1.17 bits per heavy atom. The van der Waals surface area contributed by atoms with Gasteiger partial charge in [-0.1, -0.05) is 48.4 Å². The van der Waals surface area contributed by atoms with Gasteiger partial charge in [-0.2, -0.15) is 0 Å². The molecule has 1 atom stereocenters. The predicted molar refractivity (Wildman–Crippen MR) is 120 cm³/mol. The Morgan fingerprint density at radius 3 is 2.48 bits per heavy atom. The second-order valence-electron chi connectivity index (χ2n) is 7.31. The van der Waals surface area contributed by atoms with Gasteiger partial charge >= 0.3 is 0 Å². The average molecular weight is 437 g/mol. The first kappa shape index (κ1) is 23.2. The molecule has 0 aliphatic carbocycles. The molecule has 1 unspecified atom stereocenters. The highest BCUT2D eigenvalue weighted by Gasteiger charge is 2.19. The van der Waals surface area contributed by atoms with Crippen molar-refractivity contribution in [1.82, 2.24) is 5.32 Å². The van der Waals surface area contributed by atoms with E-state index in [4.69, 9.17) is 11.6 Å². The number of nitrogens with zero attached hydrogens (tertiary/aromatic N) is 1. The summed E-state index contributed by atoms with van der Waals surface area (Å²) in [7, 11) is -3.47. The molecule has 0 heterocycles. The Bertz CT molecular complexity index is 960. The van der Waals surface area contributed by atoms with Crippen molar-refractivity contribution in [2.24, 2.45) is 0 Å². The number of carbonyl (C=O) groups is 1. The summed E-state index contributed by atoms with van der Waals surface area (Å²) in [6.07, 6.45) is 2.59. The lowest BCUT2D eigenvalue weighted by Gasteiger charge is -2.23. The van der Waals surface area contributed by atoms with Crippen LogP contribution in [0.4, 0.5) is 5.69 Å². The van der Waals surface area contributed by atoms with Crippen LogP contribution in [0.5, 0.6) is 0 Å². The maximum Gasteiger partial charge on any atom is 0.232 e. The number of hydrogen-bond acceptors (Lipinski definition) is 3. The van der Waals surface area contributed by atoms with Crippen molar-refractivity contribution in [3.05, 3.63) is 64.2 Å². The van der Waals surface area contributed by atoms with E-state index in [-0.39, 0.29) is 24.9 Å². The van der Waals surface area contributed by atoms with Crippen LogP contribution in [0.25, 0.3) is 0 Å². The summed E-state index contributed by atoms with van der Waals surface area (Å²) in [5.74, 6) is -0.0867. The third-order valence-corrected chi connectivity index (χ3v) is 6.23. The molecule has 0 spiro atoms. The molecule has 0 radical (unpaired) electrons. The van der Waals surface area contributed by atoms with Crippen molar-refractivity contribution >= 4 is 33.2 Å². The van der Waals surface area contributed by atoms with Crippen LogP contribution in [-0.2, 0) is 14.8 Å². The summed E-state index contributed by atoms with van der Waals surface area (Å²) < 4.78 is 25.6. The van der Waals surface area contributed by atoms with Crippen LogP contribution < -0.4 is 9.62 Å². The van der Waals surface area contributed by atoms with Crippen LogP contribution in [0.2, 0.25) is 5.02 Å². The van der Waals surface area contributed by atoms with Gasteiger partial charge in [0.25, 0.3) is 0 Å². The molecule has 0 bridgehead atoms. The zero-order valence-electron chi connectivity index (χ0n) is 17.4. The molecule has 0 fully saturated rings. The van der Waals surface area contributed by atoms with Crippen molar-refractivity contribution in [3.63, 3.8) is 0 Å². The molecule has 7 heteroatoms. The number of carbonyl (C=O) groups excluding carboxylic acids is 1. The van der Waals surface area contributed by atoms with Gasteiger partial charge in [-0.15, -0.1) is 0 Å². The molecule has 5 nitrogen and oxygen atoms in total. The molecule has 29 heavy (non-hydrogen) atoms. The SMILES string of the molecule is CCC(NC(=O)CCCN(c1cccc(Cl)c1)S(C)(=O)=O)c1ccc(C)cc1C. The molecule has 0 aliphatic rings. The van der Waals surface area contributed by atoms with E-state index in [2.05, 4.69) is 17.4 Å². The van der Waals surface area contributed by atoms with Crippen LogP contribution in [0.1, 0.15) is 48.9 Å². The minimum Gasteiger partial charge on any atom is -0.349 e. The smallest absolute Gasteiger partial charge is 0.232 e. The highest BCUT2D eigenvalue weighted by Crippen LogP contribution is 2.23. The highest BCUT2D eigenvalue weighted by molar-refractivity contribution is 7.92. The number of aryl methyl sites for hydroxylation is 2. The lowest BCUT2D eigenvalue weighted by molar-refractivity contribution is -0.121.